The highest BCUT2D eigenvalue weighted by Gasteiger charge is 2.20. The monoisotopic (exact) mass is 362 g/mol. The second-order valence-corrected chi connectivity index (χ2v) is 6.94. The van der Waals surface area contributed by atoms with Gasteiger partial charge in [-0.15, -0.1) is 0 Å². The van der Waals surface area contributed by atoms with Gasteiger partial charge in [0.1, 0.15) is 0 Å². The van der Waals surface area contributed by atoms with Crippen molar-refractivity contribution in [2.45, 2.75) is 64.6 Å². The number of benzene rings is 1. The predicted molar refractivity (Wildman–Crippen MR) is 99.3 cm³/mol. The van der Waals surface area contributed by atoms with E-state index in [1.807, 2.05) is 12.1 Å². The van der Waals surface area contributed by atoms with Gasteiger partial charge in [0, 0.05) is 5.56 Å². The molecule has 1 aliphatic rings. The molecule has 1 aliphatic heterocycles. The van der Waals surface area contributed by atoms with E-state index in [0.29, 0.717) is 31.6 Å². The van der Waals surface area contributed by atoms with Crippen molar-refractivity contribution >= 4 is 11.8 Å². The molecule has 1 N–H and O–H groups in total. The van der Waals surface area contributed by atoms with Gasteiger partial charge in [0.15, 0.2) is 12.1 Å². The van der Waals surface area contributed by atoms with Crippen molar-refractivity contribution in [3.8, 4) is 0 Å². The van der Waals surface area contributed by atoms with Crippen molar-refractivity contribution in [2.24, 2.45) is 5.92 Å². The van der Waals surface area contributed by atoms with Crippen LogP contribution in [-0.4, -0.2) is 36.4 Å². The van der Waals surface area contributed by atoms with Gasteiger partial charge in [0.25, 0.3) is 0 Å². The number of Topliss-reactive ketones (excluding diaryl/α,β-unsaturated/α-hetero) is 1. The second kappa shape index (κ2) is 11.1. The van der Waals surface area contributed by atoms with Crippen LogP contribution in [0.4, 0.5) is 0 Å². The molecule has 0 aromatic heterocycles. The Bertz CT molecular complexity index is 560. The maximum Gasteiger partial charge on any atom is 0.306 e. The fourth-order valence-corrected chi connectivity index (χ4v) is 3.17. The molecule has 5 heteroatoms. The Morgan fingerprint density at radius 3 is 2.42 bits per heavy atom. The van der Waals surface area contributed by atoms with Crippen LogP contribution in [0.3, 0.4) is 0 Å². The summed E-state index contributed by atoms with van der Waals surface area (Å²) in [6, 6.07) is 7.27. The second-order valence-electron chi connectivity index (χ2n) is 6.94. The molecule has 26 heavy (non-hydrogen) atoms. The van der Waals surface area contributed by atoms with Gasteiger partial charge in [-0.25, -0.2) is 0 Å². The molecular formula is C21H30O5. The summed E-state index contributed by atoms with van der Waals surface area (Å²) in [5, 5.41) is 9.43. The molecule has 1 unspecified atom stereocenters. The Kier molecular flexibility index (Phi) is 8.78. The minimum absolute atomic E-state index is 0.0159. The van der Waals surface area contributed by atoms with Crippen LogP contribution in [0.15, 0.2) is 24.3 Å². The molecular weight excluding hydrogens is 332 g/mol. The molecule has 1 fully saturated rings. The van der Waals surface area contributed by atoms with E-state index in [1.54, 1.807) is 12.1 Å². The molecule has 1 saturated heterocycles. The number of ketones is 1. The zero-order valence-corrected chi connectivity index (χ0v) is 15.6. The van der Waals surface area contributed by atoms with E-state index in [1.165, 1.54) is 0 Å². The molecule has 0 radical (unpaired) electrons. The normalized spacial score (nSPS) is 16.3. The summed E-state index contributed by atoms with van der Waals surface area (Å²) in [4.78, 5) is 23.8. The first-order valence-corrected chi connectivity index (χ1v) is 9.68. The molecule has 1 heterocycles. The van der Waals surface area contributed by atoms with Gasteiger partial charge < -0.3 is 14.6 Å². The van der Waals surface area contributed by atoms with E-state index < -0.39 is 12.3 Å². The summed E-state index contributed by atoms with van der Waals surface area (Å²) in [6.07, 6.45) is 6.16. The first-order valence-electron chi connectivity index (χ1n) is 9.68. The predicted octanol–water partition coefficient (Wildman–Crippen LogP) is 4.24. The Balaban J connectivity index is 1.86. The average Bonchev–Trinajstić information content (AvgIpc) is 2.65. The zero-order valence-electron chi connectivity index (χ0n) is 15.6. The molecule has 0 bridgehead atoms. The highest BCUT2D eigenvalue weighted by molar-refractivity contribution is 5.96. The lowest BCUT2D eigenvalue weighted by molar-refractivity contribution is -0.175. The van der Waals surface area contributed by atoms with Gasteiger partial charge >= 0.3 is 5.97 Å². The Hall–Kier alpha value is -1.72. The first kappa shape index (κ1) is 20.6. The van der Waals surface area contributed by atoms with Crippen LogP contribution >= 0.6 is 0 Å². The summed E-state index contributed by atoms with van der Waals surface area (Å²) >= 11 is 0. The molecule has 2 rings (SSSR count). The highest BCUT2D eigenvalue weighted by Crippen LogP contribution is 2.19. The number of carbonyl (C=O) groups excluding carboxylic acids is 1. The van der Waals surface area contributed by atoms with Crippen LogP contribution in [0.25, 0.3) is 0 Å². The standard InChI is InChI=1S/C21H30O5/c1-2-3-4-5-7-18(21(23)24)14-16-8-10-17(11-9-16)19(22)15-20-25-12-6-13-26-20/h8-11,18,20H,2-7,12-15H2,1H3,(H,23,24). The van der Waals surface area contributed by atoms with Crippen LogP contribution in [0.2, 0.25) is 0 Å². The van der Waals surface area contributed by atoms with E-state index in [9.17, 15) is 14.7 Å². The number of aliphatic carboxylic acids is 1. The van der Waals surface area contributed by atoms with Gasteiger partial charge in [0.2, 0.25) is 0 Å². The fraction of sp³-hybridized carbons (Fsp3) is 0.619. The van der Waals surface area contributed by atoms with Gasteiger partial charge in [-0.2, -0.15) is 0 Å². The first-order chi connectivity index (χ1) is 12.6. The van der Waals surface area contributed by atoms with E-state index in [-0.39, 0.29) is 18.1 Å². The SMILES string of the molecule is CCCCCCC(Cc1ccc(C(=O)CC2OCCCO2)cc1)C(=O)O. The zero-order chi connectivity index (χ0) is 18.8. The Labute approximate surface area is 155 Å². The third-order valence-electron chi connectivity index (χ3n) is 4.76. The molecule has 1 aromatic carbocycles. The van der Waals surface area contributed by atoms with Crippen molar-refractivity contribution in [1.29, 1.82) is 0 Å². The topological polar surface area (TPSA) is 72.8 Å². The lowest BCUT2D eigenvalue weighted by atomic mass is 9.93. The van der Waals surface area contributed by atoms with E-state index in [2.05, 4.69) is 6.92 Å². The largest absolute Gasteiger partial charge is 0.481 e. The van der Waals surface area contributed by atoms with Crippen molar-refractivity contribution in [2.75, 3.05) is 13.2 Å². The van der Waals surface area contributed by atoms with Crippen molar-refractivity contribution in [1.82, 2.24) is 0 Å². The number of carbonyl (C=O) groups is 2. The van der Waals surface area contributed by atoms with E-state index in [4.69, 9.17) is 9.47 Å². The smallest absolute Gasteiger partial charge is 0.306 e. The van der Waals surface area contributed by atoms with Crippen LogP contribution < -0.4 is 0 Å². The summed E-state index contributed by atoms with van der Waals surface area (Å²) in [7, 11) is 0. The maximum absolute atomic E-state index is 12.3. The lowest BCUT2D eigenvalue weighted by Gasteiger charge is -2.22. The Morgan fingerprint density at radius 2 is 1.81 bits per heavy atom. The number of hydrogen-bond donors (Lipinski definition) is 1. The van der Waals surface area contributed by atoms with Crippen molar-refractivity contribution < 1.29 is 24.2 Å². The minimum atomic E-state index is -0.742. The summed E-state index contributed by atoms with van der Waals surface area (Å²) in [5.41, 5.74) is 1.57. The van der Waals surface area contributed by atoms with Crippen LogP contribution in [0, 0.1) is 5.92 Å². The molecule has 5 nitrogen and oxygen atoms in total. The quantitative estimate of drug-likeness (QED) is 0.471. The molecule has 0 aliphatic carbocycles. The number of ether oxygens (including phenoxy) is 2. The molecule has 1 atom stereocenters. The van der Waals surface area contributed by atoms with Crippen molar-refractivity contribution in [3.05, 3.63) is 35.4 Å². The number of rotatable bonds is 11. The highest BCUT2D eigenvalue weighted by atomic mass is 16.7. The Morgan fingerprint density at radius 1 is 1.12 bits per heavy atom. The third-order valence-corrected chi connectivity index (χ3v) is 4.76. The van der Waals surface area contributed by atoms with Crippen molar-refractivity contribution in [3.63, 3.8) is 0 Å². The van der Waals surface area contributed by atoms with Gasteiger partial charge in [-0.05, 0) is 24.8 Å². The summed E-state index contributed by atoms with van der Waals surface area (Å²) in [6.45, 7) is 3.40. The molecule has 0 spiro atoms. The minimum Gasteiger partial charge on any atom is -0.481 e. The van der Waals surface area contributed by atoms with Gasteiger partial charge in [-0.3, -0.25) is 9.59 Å². The summed E-state index contributed by atoms with van der Waals surface area (Å²) < 4.78 is 10.8. The van der Waals surface area contributed by atoms with Gasteiger partial charge in [0.05, 0.1) is 25.6 Å². The molecule has 1 aromatic rings. The molecule has 0 saturated carbocycles. The number of hydrogen-bond acceptors (Lipinski definition) is 4. The summed E-state index contributed by atoms with van der Waals surface area (Å²) in [5.74, 6) is -1.12. The van der Waals surface area contributed by atoms with Crippen LogP contribution in [0.1, 0.15) is 67.8 Å². The number of carboxylic acids is 1. The third kappa shape index (κ3) is 6.89. The van der Waals surface area contributed by atoms with Crippen LogP contribution in [0.5, 0.6) is 0 Å². The number of carboxylic acid groups (broad SMARTS) is 1. The van der Waals surface area contributed by atoms with E-state index in [0.717, 1.165) is 37.7 Å². The fourth-order valence-electron chi connectivity index (χ4n) is 3.17. The van der Waals surface area contributed by atoms with E-state index >= 15 is 0 Å². The van der Waals surface area contributed by atoms with Crippen LogP contribution in [-0.2, 0) is 20.7 Å². The maximum atomic E-state index is 12.3. The average molecular weight is 362 g/mol. The lowest BCUT2D eigenvalue weighted by Crippen LogP contribution is -2.27. The molecule has 144 valence electrons. The number of unbranched alkanes of at least 4 members (excludes halogenated alkanes) is 3. The molecule has 0 amide bonds. The van der Waals surface area contributed by atoms with Gasteiger partial charge in [-0.1, -0.05) is 56.9 Å².